The molecular weight excluding hydrogens is 295 g/mol. The molecule has 0 bridgehead atoms. The first-order valence-corrected chi connectivity index (χ1v) is 7.24. The number of rotatable bonds is 5. The van der Waals surface area contributed by atoms with Gasteiger partial charge >= 0.3 is 0 Å². The maximum absolute atomic E-state index is 10.6. The van der Waals surface area contributed by atoms with E-state index in [4.69, 9.17) is 27.9 Å². The number of benzene rings is 2. The van der Waals surface area contributed by atoms with Gasteiger partial charge in [0.25, 0.3) is 0 Å². The highest BCUT2D eigenvalue weighted by Crippen LogP contribution is 2.36. The zero-order valence-electron chi connectivity index (χ0n) is 11.1. The summed E-state index contributed by atoms with van der Waals surface area (Å²) in [6.07, 6.45) is 0.0387. The van der Waals surface area contributed by atoms with Gasteiger partial charge in [-0.05, 0) is 18.6 Å². The van der Waals surface area contributed by atoms with Crippen LogP contribution in [0.4, 0.5) is 0 Å². The molecule has 2 rings (SSSR count). The SMILES string of the molecule is CCCOc1ccccc1C(O)c1cccc(Cl)c1Cl. The van der Waals surface area contributed by atoms with Crippen molar-refractivity contribution in [1.82, 2.24) is 0 Å². The molecule has 2 aromatic rings. The highest BCUT2D eigenvalue weighted by molar-refractivity contribution is 6.42. The maximum Gasteiger partial charge on any atom is 0.125 e. The second-order valence-electron chi connectivity index (χ2n) is 4.43. The molecule has 2 nitrogen and oxygen atoms in total. The predicted molar refractivity (Wildman–Crippen MR) is 82.8 cm³/mol. The molecule has 0 aliphatic carbocycles. The zero-order valence-corrected chi connectivity index (χ0v) is 12.7. The van der Waals surface area contributed by atoms with Crippen LogP contribution < -0.4 is 4.74 Å². The number of aliphatic hydroxyl groups excluding tert-OH is 1. The van der Waals surface area contributed by atoms with Gasteiger partial charge in [0.2, 0.25) is 0 Å². The Morgan fingerprint density at radius 1 is 1.05 bits per heavy atom. The van der Waals surface area contributed by atoms with Crippen molar-refractivity contribution in [3.8, 4) is 5.75 Å². The highest BCUT2D eigenvalue weighted by atomic mass is 35.5. The van der Waals surface area contributed by atoms with Gasteiger partial charge in [-0.15, -0.1) is 0 Å². The second-order valence-corrected chi connectivity index (χ2v) is 5.22. The predicted octanol–water partition coefficient (Wildman–Crippen LogP) is 4.86. The molecule has 0 saturated carbocycles. The number of hydrogen-bond donors (Lipinski definition) is 1. The van der Waals surface area contributed by atoms with Gasteiger partial charge in [-0.25, -0.2) is 0 Å². The van der Waals surface area contributed by atoms with E-state index in [0.717, 1.165) is 6.42 Å². The third-order valence-corrected chi connectivity index (χ3v) is 3.78. The van der Waals surface area contributed by atoms with E-state index in [-0.39, 0.29) is 0 Å². The third kappa shape index (κ3) is 3.26. The minimum atomic E-state index is -0.866. The van der Waals surface area contributed by atoms with Crippen molar-refractivity contribution in [2.45, 2.75) is 19.4 Å². The molecule has 1 unspecified atom stereocenters. The van der Waals surface area contributed by atoms with E-state index >= 15 is 0 Å². The Morgan fingerprint density at radius 2 is 1.75 bits per heavy atom. The average molecular weight is 311 g/mol. The Balaban J connectivity index is 2.38. The minimum Gasteiger partial charge on any atom is -0.493 e. The molecule has 0 aliphatic rings. The summed E-state index contributed by atoms with van der Waals surface area (Å²) in [5.74, 6) is 0.665. The second kappa shape index (κ2) is 6.98. The first-order chi connectivity index (χ1) is 9.65. The van der Waals surface area contributed by atoms with Crippen LogP contribution in [0.2, 0.25) is 10.0 Å². The van der Waals surface area contributed by atoms with Gasteiger partial charge in [0.1, 0.15) is 11.9 Å². The summed E-state index contributed by atoms with van der Waals surface area (Å²) in [6, 6.07) is 12.6. The summed E-state index contributed by atoms with van der Waals surface area (Å²) in [7, 11) is 0. The first-order valence-electron chi connectivity index (χ1n) is 6.48. The lowest BCUT2D eigenvalue weighted by molar-refractivity contribution is 0.210. The van der Waals surface area contributed by atoms with E-state index in [1.165, 1.54) is 0 Å². The van der Waals surface area contributed by atoms with E-state index in [9.17, 15) is 5.11 Å². The summed E-state index contributed by atoms with van der Waals surface area (Å²) in [6.45, 7) is 2.64. The fourth-order valence-electron chi connectivity index (χ4n) is 1.95. The number of hydrogen-bond acceptors (Lipinski definition) is 2. The average Bonchev–Trinajstić information content (AvgIpc) is 2.47. The van der Waals surface area contributed by atoms with E-state index < -0.39 is 6.10 Å². The van der Waals surface area contributed by atoms with Gasteiger partial charge in [-0.2, -0.15) is 0 Å². The lowest BCUT2D eigenvalue weighted by Crippen LogP contribution is -2.05. The van der Waals surface area contributed by atoms with E-state index in [0.29, 0.717) is 33.5 Å². The van der Waals surface area contributed by atoms with Crippen molar-refractivity contribution < 1.29 is 9.84 Å². The lowest BCUT2D eigenvalue weighted by atomic mass is 10.0. The molecule has 0 aromatic heterocycles. The van der Waals surface area contributed by atoms with Gasteiger partial charge in [-0.3, -0.25) is 0 Å². The Kier molecular flexibility index (Phi) is 5.30. The summed E-state index contributed by atoms with van der Waals surface area (Å²) in [5.41, 5.74) is 1.26. The Hall–Kier alpha value is -1.22. The molecule has 0 spiro atoms. The van der Waals surface area contributed by atoms with Crippen LogP contribution in [-0.2, 0) is 0 Å². The van der Waals surface area contributed by atoms with Crippen LogP contribution in [-0.4, -0.2) is 11.7 Å². The first kappa shape index (κ1) is 15.2. The van der Waals surface area contributed by atoms with Crippen LogP contribution in [0.1, 0.15) is 30.6 Å². The number of ether oxygens (including phenoxy) is 1. The van der Waals surface area contributed by atoms with E-state index in [1.807, 2.05) is 31.2 Å². The molecule has 0 saturated heterocycles. The molecule has 0 fully saturated rings. The maximum atomic E-state index is 10.6. The summed E-state index contributed by atoms with van der Waals surface area (Å²) in [5, 5.41) is 11.3. The largest absolute Gasteiger partial charge is 0.493 e. The minimum absolute atomic E-state index is 0.368. The molecule has 0 radical (unpaired) electrons. The molecular formula is C16H16Cl2O2. The van der Waals surface area contributed by atoms with Crippen LogP contribution in [0, 0.1) is 0 Å². The van der Waals surface area contributed by atoms with Crippen molar-refractivity contribution in [3.63, 3.8) is 0 Å². The summed E-state index contributed by atoms with van der Waals surface area (Å²) < 4.78 is 5.66. The molecule has 0 amide bonds. The monoisotopic (exact) mass is 310 g/mol. The van der Waals surface area contributed by atoms with Crippen molar-refractivity contribution in [2.24, 2.45) is 0 Å². The lowest BCUT2D eigenvalue weighted by Gasteiger charge is -2.17. The van der Waals surface area contributed by atoms with Crippen molar-refractivity contribution in [1.29, 1.82) is 0 Å². The highest BCUT2D eigenvalue weighted by Gasteiger charge is 2.19. The van der Waals surface area contributed by atoms with Crippen molar-refractivity contribution in [3.05, 3.63) is 63.6 Å². The molecule has 1 atom stereocenters. The summed E-state index contributed by atoms with van der Waals surface area (Å²) in [4.78, 5) is 0. The van der Waals surface area contributed by atoms with Crippen LogP contribution in [0.15, 0.2) is 42.5 Å². The van der Waals surface area contributed by atoms with Crippen LogP contribution in [0.5, 0.6) is 5.75 Å². The van der Waals surface area contributed by atoms with Gasteiger partial charge < -0.3 is 9.84 Å². The molecule has 20 heavy (non-hydrogen) atoms. The number of para-hydroxylation sites is 1. The van der Waals surface area contributed by atoms with Gasteiger partial charge in [-0.1, -0.05) is 60.5 Å². The Bertz CT molecular complexity index is 584. The van der Waals surface area contributed by atoms with Crippen molar-refractivity contribution in [2.75, 3.05) is 6.61 Å². The number of halogens is 2. The smallest absolute Gasteiger partial charge is 0.125 e. The third-order valence-electron chi connectivity index (χ3n) is 2.95. The molecule has 1 N–H and O–H groups in total. The molecule has 2 aromatic carbocycles. The molecule has 0 heterocycles. The Morgan fingerprint density at radius 3 is 2.50 bits per heavy atom. The fraction of sp³-hybridized carbons (Fsp3) is 0.250. The van der Waals surface area contributed by atoms with Gasteiger partial charge in [0, 0.05) is 11.1 Å². The van der Waals surface area contributed by atoms with Crippen molar-refractivity contribution >= 4 is 23.2 Å². The zero-order chi connectivity index (χ0) is 14.5. The Labute approximate surface area is 128 Å². The normalized spacial score (nSPS) is 12.2. The van der Waals surface area contributed by atoms with E-state index in [1.54, 1.807) is 18.2 Å². The topological polar surface area (TPSA) is 29.5 Å². The summed E-state index contributed by atoms with van der Waals surface area (Å²) >= 11 is 12.2. The fourth-order valence-corrected chi connectivity index (χ4v) is 2.36. The quantitative estimate of drug-likeness (QED) is 0.854. The van der Waals surface area contributed by atoms with Crippen LogP contribution >= 0.6 is 23.2 Å². The van der Waals surface area contributed by atoms with Gasteiger partial charge in [0.15, 0.2) is 0 Å². The molecule has 4 heteroatoms. The number of aliphatic hydroxyl groups is 1. The van der Waals surface area contributed by atoms with E-state index in [2.05, 4.69) is 0 Å². The van der Waals surface area contributed by atoms with Gasteiger partial charge in [0.05, 0.1) is 16.7 Å². The van der Waals surface area contributed by atoms with Crippen LogP contribution in [0.25, 0.3) is 0 Å². The molecule has 0 aliphatic heterocycles. The standard InChI is InChI=1S/C16H16Cl2O2/c1-2-10-20-14-9-4-3-6-11(14)16(19)12-7-5-8-13(17)15(12)18/h3-9,16,19H,2,10H2,1H3. The van der Waals surface area contributed by atoms with Crippen LogP contribution in [0.3, 0.4) is 0 Å². The molecule has 106 valence electrons.